The van der Waals surface area contributed by atoms with E-state index in [1.807, 2.05) is 30.5 Å². The van der Waals surface area contributed by atoms with Gasteiger partial charge in [-0.3, -0.25) is 19.7 Å². The van der Waals surface area contributed by atoms with Crippen LogP contribution < -0.4 is 5.32 Å². The van der Waals surface area contributed by atoms with Gasteiger partial charge < -0.3 is 10.3 Å². The molecule has 0 spiro atoms. The molecule has 9 heteroatoms. The number of halogens is 2. The van der Waals surface area contributed by atoms with Gasteiger partial charge in [0, 0.05) is 31.7 Å². The van der Waals surface area contributed by atoms with E-state index in [1.165, 1.54) is 23.7 Å². The maximum atomic E-state index is 12.7. The minimum absolute atomic E-state index is 0.253. The molecule has 2 aliphatic rings. The van der Waals surface area contributed by atoms with Crippen LogP contribution in [-0.4, -0.2) is 43.8 Å². The fraction of sp³-hybridized carbons (Fsp3) is 0.357. The lowest BCUT2D eigenvalue weighted by atomic mass is 9.90. The quantitative estimate of drug-likeness (QED) is 0.307. The predicted molar refractivity (Wildman–Crippen MR) is 145 cm³/mol. The van der Waals surface area contributed by atoms with Crippen molar-refractivity contribution in [3.63, 3.8) is 0 Å². The lowest BCUT2D eigenvalue weighted by molar-refractivity contribution is 0.0950. The van der Waals surface area contributed by atoms with Gasteiger partial charge in [0.05, 0.1) is 44.9 Å². The zero-order valence-corrected chi connectivity index (χ0v) is 21.8. The van der Waals surface area contributed by atoms with Crippen molar-refractivity contribution in [3.05, 3.63) is 87.7 Å². The number of H-pyrrole nitrogens is 1. The van der Waals surface area contributed by atoms with Gasteiger partial charge in [-0.2, -0.15) is 0 Å². The summed E-state index contributed by atoms with van der Waals surface area (Å²) in [6.07, 6.45) is 9.16. The number of aromatic amines is 1. The van der Waals surface area contributed by atoms with Gasteiger partial charge in [-0.1, -0.05) is 41.4 Å². The molecule has 2 aliphatic carbocycles. The number of carbonyl (C=O) groups excluding carboxylic acids is 1. The summed E-state index contributed by atoms with van der Waals surface area (Å²) in [5.41, 5.74) is 4.86. The highest BCUT2D eigenvalue weighted by atomic mass is 35.5. The first-order valence-corrected chi connectivity index (χ1v) is 13.5. The van der Waals surface area contributed by atoms with Crippen molar-refractivity contribution in [2.24, 2.45) is 11.8 Å². The summed E-state index contributed by atoms with van der Waals surface area (Å²) in [6.45, 7) is 2.25. The number of hydrogen-bond acceptors (Lipinski definition) is 5. The third-order valence-corrected chi connectivity index (χ3v) is 8.11. The molecular formula is C28H28Cl2N6O. The van der Waals surface area contributed by atoms with E-state index in [9.17, 15) is 4.79 Å². The molecule has 1 amide bonds. The van der Waals surface area contributed by atoms with Gasteiger partial charge in [0.1, 0.15) is 5.82 Å². The highest BCUT2D eigenvalue weighted by Gasteiger charge is 2.40. The second-order valence-corrected chi connectivity index (χ2v) is 10.8. The van der Waals surface area contributed by atoms with Gasteiger partial charge in [-0.25, -0.2) is 4.98 Å². The molecule has 37 heavy (non-hydrogen) atoms. The standard InChI is InChI=1S/C28H28Cl2N6O/c29-20-13-31-14-21(30)26(20)28(37)33-12-18-11-19(18)15-36(16-25-34-22-7-1-2-8-23(22)35-25)24-9-3-5-17-6-4-10-32-27(17)24/h1-2,4,6-8,10,13-14,18-19,24H,3,5,9,11-12,15-16H2,(H,33,37)(H,34,35)/t18-,19+,24-/m0/s1. The number of rotatable bonds is 8. The summed E-state index contributed by atoms with van der Waals surface area (Å²) >= 11 is 12.3. The first kappa shape index (κ1) is 24.3. The SMILES string of the molecule is O=C(NC[C@@H]1C[C@@H]1CN(Cc1nc2ccccc2[nH]1)[C@H]1CCCc2cccnc21)c1c(Cl)cncc1Cl. The molecule has 7 nitrogen and oxygen atoms in total. The van der Waals surface area contributed by atoms with E-state index in [2.05, 4.69) is 32.3 Å². The van der Waals surface area contributed by atoms with Gasteiger partial charge in [-0.05, 0) is 61.3 Å². The molecule has 190 valence electrons. The summed E-state index contributed by atoms with van der Waals surface area (Å²) in [5, 5.41) is 3.55. The number of hydrogen-bond donors (Lipinski definition) is 2. The van der Waals surface area contributed by atoms with Crippen LogP contribution in [0.4, 0.5) is 0 Å². The number of aryl methyl sites for hydroxylation is 1. The number of carbonyl (C=O) groups is 1. The summed E-state index contributed by atoms with van der Waals surface area (Å²) in [6, 6.07) is 12.6. The van der Waals surface area contributed by atoms with E-state index in [-0.39, 0.29) is 27.6 Å². The molecule has 3 heterocycles. The zero-order chi connectivity index (χ0) is 25.4. The number of amides is 1. The van der Waals surface area contributed by atoms with E-state index in [0.717, 1.165) is 55.6 Å². The average Bonchev–Trinajstić information content (AvgIpc) is 3.51. The van der Waals surface area contributed by atoms with Crippen LogP contribution in [0.1, 0.15) is 52.7 Å². The van der Waals surface area contributed by atoms with E-state index < -0.39 is 0 Å². The maximum Gasteiger partial charge on any atom is 0.254 e. The molecule has 0 aliphatic heterocycles. The molecular weight excluding hydrogens is 507 g/mol. The molecule has 4 aromatic rings. The minimum Gasteiger partial charge on any atom is -0.352 e. The number of nitrogens with zero attached hydrogens (tertiary/aromatic N) is 4. The van der Waals surface area contributed by atoms with Crippen molar-refractivity contribution < 1.29 is 4.79 Å². The Morgan fingerprint density at radius 1 is 1.11 bits per heavy atom. The Bertz CT molecular complexity index is 1390. The van der Waals surface area contributed by atoms with Crippen LogP contribution in [-0.2, 0) is 13.0 Å². The Kier molecular flexibility index (Phi) is 6.84. The largest absolute Gasteiger partial charge is 0.352 e. The third-order valence-electron chi connectivity index (χ3n) is 7.54. The van der Waals surface area contributed by atoms with E-state index in [0.29, 0.717) is 18.4 Å². The number of imidazole rings is 1. The molecule has 1 aromatic carbocycles. The Morgan fingerprint density at radius 2 is 1.95 bits per heavy atom. The normalized spacial score (nSPS) is 20.7. The number of para-hydroxylation sites is 2. The van der Waals surface area contributed by atoms with Crippen molar-refractivity contribution >= 4 is 40.1 Å². The van der Waals surface area contributed by atoms with Crippen molar-refractivity contribution in [3.8, 4) is 0 Å². The molecule has 3 aromatic heterocycles. The monoisotopic (exact) mass is 534 g/mol. The summed E-state index contributed by atoms with van der Waals surface area (Å²) in [4.78, 5) is 32.3. The van der Waals surface area contributed by atoms with Gasteiger partial charge in [0.2, 0.25) is 0 Å². The van der Waals surface area contributed by atoms with Crippen LogP contribution in [0.2, 0.25) is 10.0 Å². The second kappa shape index (κ2) is 10.4. The molecule has 0 saturated heterocycles. The fourth-order valence-electron chi connectivity index (χ4n) is 5.54. The number of nitrogens with one attached hydrogen (secondary N) is 2. The van der Waals surface area contributed by atoms with E-state index in [4.69, 9.17) is 33.2 Å². The second-order valence-electron chi connectivity index (χ2n) is 10.0. The number of fused-ring (bicyclic) bond motifs is 2. The molecule has 1 fully saturated rings. The first-order chi connectivity index (χ1) is 18.1. The Hall–Kier alpha value is -3.00. The molecule has 0 radical (unpaired) electrons. The Morgan fingerprint density at radius 3 is 2.78 bits per heavy atom. The van der Waals surface area contributed by atoms with Crippen LogP contribution in [0.5, 0.6) is 0 Å². The zero-order valence-electron chi connectivity index (χ0n) is 20.3. The van der Waals surface area contributed by atoms with E-state index in [1.54, 1.807) is 0 Å². The van der Waals surface area contributed by atoms with Crippen LogP contribution >= 0.6 is 23.2 Å². The molecule has 2 N–H and O–H groups in total. The topological polar surface area (TPSA) is 86.8 Å². The molecule has 0 bridgehead atoms. The lowest BCUT2D eigenvalue weighted by Gasteiger charge is -2.34. The van der Waals surface area contributed by atoms with Crippen molar-refractivity contribution in [2.45, 2.75) is 38.3 Å². The van der Waals surface area contributed by atoms with Gasteiger partial charge in [-0.15, -0.1) is 0 Å². The summed E-state index contributed by atoms with van der Waals surface area (Å²) < 4.78 is 0. The summed E-state index contributed by atoms with van der Waals surface area (Å²) in [5.74, 6) is 1.61. The van der Waals surface area contributed by atoms with Gasteiger partial charge in [0.15, 0.2) is 0 Å². The number of aromatic nitrogens is 4. The number of benzene rings is 1. The molecule has 6 rings (SSSR count). The fourth-order valence-corrected chi connectivity index (χ4v) is 6.08. The van der Waals surface area contributed by atoms with Gasteiger partial charge in [0.25, 0.3) is 5.91 Å². The van der Waals surface area contributed by atoms with Crippen LogP contribution in [0.25, 0.3) is 11.0 Å². The molecule has 3 atom stereocenters. The van der Waals surface area contributed by atoms with Crippen molar-refractivity contribution in [1.82, 2.24) is 30.2 Å². The Labute approximate surface area is 225 Å². The van der Waals surface area contributed by atoms with Gasteiger partial charge >= 0.3 is 0 Å². The highest BCUT2D eigenvalue weighted by molar-refractivity contribution is 6.39. The lowest BCUT2D eigenvalue weighted by Crippen LogP contribution is -2.34. The van der Waals surface area contributed by atoms with Crippen molar-refractivity contribution in [2.75, 3.05) is 13.1 Å². The molecule has 0 unspecified atom stereocenters. The van der Waals surface area contributed by atoms with Crippen LogP contribution in [0.15, 0.2) is 55.0 Å². The van der Waals surface area contributed by atoms with Crippen LogP contribution in [0, 0.1) is 11.8 Å². The maximum absolute atomic E-state index is 12.7. The smallest absolute Gasteiger partial charge is 0.254 e. The van der Waals surface area contributed by atoms with E-state index >= 15 is 0 Å². The average molecular weight is 535 g/mol. The summed E-state index contributed by atoms with van der Waals surface area (Å²) in [7, 11) is 0. The third kappa shape index (κ3) is 5.21. The predicted octanol–water partition coefficient (Wildman–Crippen LogP) is 5.61. The number of pyridine rings is 2. The Balaban J connectivity index is 1.17. The van der Waals surface area contributed by atoms with Crippen LogP contribution in [0.3, 0.4) is 0 Å². The minimum atomic E-state index is -0.257. The van der Waals surface area contributed by atoms with Crippen molar-refractivity contribution in [1.29, 1.82) is 0 Å². The highest BCUT2D eigenvalue weighted by Crippen LogP contribution is 2.42. The first-order valence-electron chi connectivity index (χ1n) is 12.8. The molecule has 1 saturated carbocycles.